The highest BCUT2D eigenvalue weighted by Crippen LogP contribution is 2.25. The van der Waals surface area contributed by atoms with Crippen LogP contribution < -0.4 is 14.7 Å². The molecule has 0 saturated carbocycles. The molecule has 0 spiro atoms. The summed E-state index contributed by atoms with van der Waals surface area (Å²) in [5.41, 5.74) is 1.06. The number of amides is 2. The summed E-state index contributed by atoms with van der Waals surface area (Å²) in [7, 11) is 0. The first kappa shape index (κ1) is 17.5. The number of benzene rings is 2. The quantitative estimate of drug-likeness (QED) is 0.776. The van der Waals surface area contributed by atoms with Crippen molar-refractivity contribution >= 4 is 23.2 Å². The second-order valence-electron chi connectivity index (χ2n) is 6.94. The molecule has 2 aliphatic heterocycles. The lowest BCUT2D eigenvalue weighted by Crippen LogP contribution is -3.19. The molecule has 0 unspecified atom stereocenters. The number of hydrogen-bond donors (Lipinski definition) is 2. The summed E-state index contributed by atoms with van der Waals surface area (Å²) < 4.78 is 14.0. The predicted molar refractivity (Wildman–Crippen MR) is 98.3 cm³/mol. The smallest absolute Gasteiger partial charge is 0.292 e. The number of anilines is 2. The highest BCUT2D eigenvalue weighted by Gasteiger charge is 2.47. The molecule has 4 rings (SSSR count). The van der Waals surface area contributed by atoms with Crippen molar-refractivity contribution < 1.29 is 24.0 Å². The van der Waals surface area contributed by atoms with Crippen LogP contribution in [0.1, 0.15) is 6.42 Å². The molecule has 2 amide bonds. The molecule has 2 aromatic carbocycles. The highest BCUT2D eigenvalue weighted by atomic mass is 19.1. The fraction of sp³-hybridized carbons (Fsp3) is 0.300. The molecule has 2 aromatic rings. The van der Waals surface area contributed by atoms with Crippen molar-refractivity contribution in [3.8, 4) is 5.75 Å². The van der Waals surface area contributed by atoms with Crippen molar-refractivity contribution in [1.29, 1.82) is 0 Å². The van der Waals surface area contributed by atoms with Gasteiger partial charge in [-0.05, 0) is 36.4 Å². The Morgan fingerprint density at radius 1 is 1.00 bits per heavy atom. The number of imide groups is 1. The lowest BCUT2D eigenvalue weighted by molar-refractivity contribution is -0.915. The van der Waals surface area contributed by atoms with Gasteiger partial charge in [0.25, 0.3) is 5.91 Å². The van der Waals surface area contributed by atoms with E-state index in [0.717, 1.165) is 41.7 Å². The molecule has 27 heavy (non-hydrogen) atoms. The number of para-hydroxylation sites is 1. The molecule has 140 valence electrons. The third-order valence-electron chi connectivity index (χ3n) is 5.35. The summed E-state index contributed by atoms with van der Waals surface area (Å²) in [6, 6.07) is 12.5. The van der Waals surface area contributed by atoms with Crippen LogP contribution in [0.25, 0.3) is 0 Å². The number of phenols is 1. The predicted octanol–water partition coefficient (Wildman–Crippen LogP) is 0.568. The standard InChI is InChI=1S/C20H20FN3O3/c21-16-3-1-2-4-17(16)24-19(26)13-18(20(24)27)23-11-9-22(10-12-23)14-5-7-15(25)8-6-14/h1-8,18,25H,9-13H2/p+1/t18-/m1/s1. The number of phenolic OH excluding ortho intramolecular Hbond substituents is 1. The molecule has 7 heteroatoms. The van der Waals surface area contributed by atoms with Gasteiger partial charge < -0.3 is 14.9 Å². The van der Waals surface area contributed by atoms with E-state index < -0.39 is 11.9 Å². The molecule has 2 aliphatic rings. The summed E-state index contributed by atoms with van der Waals surface area (Å²) in [4.78, 5) is 29.5. The minimum absolute atomic E-state index is 0.0390. The van der Waals surface area contributed by atoms with Gasteiger partial charge >= 0.3 is 0 Å². The number of nitrogens with one attached hydrogen (secondary N) is 1. The topological polar surface area (TPSA) is 65.3 Å². The number of carbonyl (C=O) groups is 2. The Labute approximate surface area is 156 Å². The molecule has 1 atom stereocenters. The van der Waals surface area contributed by atoms with Crippen LogP contribution in [0.3, 0.4) is 0 Å². The Hall–Kier alpha value is -2.93. The second-order valence-corrected chi connectivity index (χ2v) is 6.94. The first-order chi connectivity index (χ1) is 13.0. The molecule has 0 aromatic heterocycles. The fourth-order valence-corrected chi connectivity index (χ4v) is 3.90. The van der Waals surface area contributed by atoms with Gasteiger partial charge in [-0.3, -0.25) is 9.59 Å². The third-order valence-corrected chi connectivity index (χ3v) is 5.35. The van der Waals surface area contributed by atoms with E-state index in [1.807, 2.05) is 12.1 Å². The maximum absolute atomic E-state index is 14.0. The lowest BCUT2D eigenvalue weighted by Gasteiger charge is -2.35. The van der Waals surface area contributed by atoms with Gasteiger partial charge in [-0.25, -0.2) is 9.29 Å². The largest absolute Gasteiger partial charge is 0.508 e. The van der Waals surface area contributed by atoms with Gasteiger partial charge in [0.1, 0.15) is 11.6 Å². The maximum atomic E-state index is 14.0. The van der Waals surface area contributed by atoms with Crippen LogP contribution in [0.15, 0.2) is 48.5 Å². The number of quaternary nitrogens is 1. The molecule has 0 aliphatic carbocycles. The van der Waals surface area contributed by atoms with Crippen LogP contribution in [0, 0.1) is 5.82 Å². The number of nitrogens with zero attached hydrogens (tertiary/aromatic N) is 2. The van der Waals surface area contributed by atoms with Gasteiger partial charge in [0.05, 0.1) is 38.3 Å². The van der Waals surface area contributed by atoms with Gasteiger partial charge in [0.15, 0.2) is 6.04 Å². The van der Waals surface area contributed by atoms with E-state index >= 15 is 0 Å². The number of piperazine rings is 1. The van der Waals surface area contributed by atoms with Gasteiger partial charge in [0.2, 0.25) is 5.91 Å². The summed E-state index contributed by atoms with van der Waals surface area (Å²) in [5.74, 6) is -1.000. The summed E-state index contributed by atoms with van der Waals surface area (Å²) in [6.45, 7) is 2.93. The van der Waals surface area contributed by atoms with E-state index in [9.17, 15) is 19.1 Å². The van der Waals surface area contributed by atoms with Gasteiger partial charge in [-0.15, -0.1) is 0 Å². The van der Waals surface area contributed by atoms with E-state index in [1.165, 1.54) is 18.2 Å². The fourth-order valence-electron chi connectivity index (χ4n) is 3.90. The zero-order valence-electron chi connectivity index (χ0n) is 14.8. The van der Waals surface area contributed by atoms with Crippen LogP contribution >= 0.6 is 0 Å². The molecule has 6 nitrogen and oxygen atoms in total. The van der Waals surface area contributed by atoms with Crippen LogP contribution in [-0.2, 0) is 9.59 Å². The van der Waals surface area contributed by atoms with Crippen LogP contribution in [0.4, 0.5) is 15.8 Å². The SMILES string of the molecule is O=C1C[C@@H]([NH+]2CCN(c3ccc(O)cc3)CC2)C(=O)N1c1ccccc1F. The highest BCUT2D eigenvalue weighted by molar-refractivity contribution is 6.21. The van der Waals surface area contributed by atoms with Crippen molar-refractivity contribution in [3.63, 3.8) is 0 Å². The van der Waals surface area contributed by atoms with Crippen molar-refractivity contribution in [2.45, 2.75) is 12.5 Å². The Kier molecular flexibility index (Phi) is 4.53. The molecular weight excluding hydrogens is 349 g/mol. The van der Waals surface area contributed by atoms with Crippen LogP contribution in [0.2, 0.25) is 0 Å². The Balaban J connectivity index is 1.45. The number of aromatic hydroxyl groups is 1. The number of halogens is 1. The molecular formula is C20H21FN3O3+. The van der Waals surface area contributed by atoms with E-state index in [-0.39, 0.29) is 29.7 Å². The molecule has 0 radical (unpaired) electrons. The summed E-state index contributed by atoms with van der Waals surface area (Å²) in [6.07, 6.45) is 0.113. The summed E-state index contributed by atoms with van der Waals surface area (Å²) >= 11 is 0. The summed E-state index contributed by atoms with van der Waals surface area (Å²) in [5, 5.41) is 9.41. The third kappa shape index (κ3) is 3.26. The van der Waals surface area contributed by atoms with Gasteiger partial charge in [-0.2, -0.15) is 0 Å². The van der Waals surface area contributed by atoms with E-state index in [1.54, 1.807) is 18.2 Å². The molecule has 2 fully saturated rings. The van der Waals surface area contributed by atoms with Gasteiger partial charge in [-0.1, -0.05) is 12.1 Å². The van der Waals surface area contributed by atoms with E-state index in [0.29, 0.717) is 0 Å². The van der Waals surface area contributed by atoms with E-state index in [4.69, 9.17) is 0 Å². The second kappa shape index (κ2) is 7.00. The van der Waals surface area contributed by atoms with Crippen molar-refractivity contribution in [3.05, 3.63) is 54.3 Å². The van der Waals surface area contributed by atoms with Gasteiger partial charge in [0, 0.05) is 5.69 Å². The average molecular weight is 370 g/mol. The van der Waals surface area contributed by atoms with Crippen molar-refractivity contribution in [2.24, 2.45) is 0 Å². The number of carbonyl (C=O) groups excluding carboxylic acids is 2. The number of hydrogen-bond acceptors (Lipinski definition) is 4. The van der Waals surface area contributed by atoms with Crippen molar-refractivity contribution in [2.75, 3.05) is 36.0 Å². The number of rotatable bonds is 3. The average Bonchev–Trinajstić information content (AvgIpc) is 2.97. The normalized spacial score (nSPS) is 21.1. The minimum atomic E-state index is -0.563. The Bertz CT molecular complexity index is 863. The Morgan fingerprint density at radius 3 is 2.33 bits per heavy atom. The van der Waals surface area contributed by atoms with Crippen LogP contribution in [-0.4, -0.2) is 49.1 Å². The zero-order chi connectivity index (χ0) is 19.0. The minimum Gasteiger partial charge on any atom is -0.508 e. The molecule has 2 saturated heterocycles. The first-order valence-corrected chi connectivity index (χ1v) is 9.04. The monoisotopic (exact) mass is 370 g/mol. The van der Waals surface area contributed by atoms with E-state index in [2.05, 4.69) is 4.90 Å². The van der Waals surface area contributed by atoms with Crippen molar-refractivity contribution in [1.82, 2.24) is 0 Å². The van der Waals surface area contributed by atoms with Crippen LogP contribution in [0.5, 0.6) is 5.75 Å². The first-order valence-electron chi connectivity index (χ1n) is 9.04. The lowest BCUT2D eigenvalue weighted by atomic mass is 10.1. The molecule has 2 N–H and O–H groups in total. The Morgan fingerprint density at radius 2 is 1.67 bits per heavy atom. The maximum Gasteiger partial charge on any atom is 0.292 e. The molecule has 2 heterocycles. The molecule has 0 bridgehead atoms. The zero-order valence-corrected chi connectivity index (χ0v) is 14.8.